The Balaban J connectivity index is 2.05. The minimum Gasteiger partial charge on any atom is -0.347 e. The Bertz CT molecular complexity index is 625. The van der Waals surface area contributed by atoms with Gasteiger partial charge in [0.25, 0.3) is 0 Å². The number of hydrogen-bond acceptors (Lipinski definition) is 4. The number of carbonyl (C=O) groups is 3. The largest absolute Gasteiger partial charge is 0.347 e. The van der Waals surface area contributed by atoms with E-state index in [-0.39, 0.29) is 30.7 Å². The molecule has 0 bridgehead atoms. The molecule has 2 heterocycles. The fourth-order valence-corrected chi connectivity index (χ4v) is 2.82. The van der Waals surface area contributed by atoms with Crippen LogP contribution in [0.1, 0.15) is 19.0 Å². The van der Waals surface area contributed by atoms with Gasteiger partial charge >= 0.3 is 0 Å². The first-order chi connectivity index (χ1) is 11.3. The van der Waals surface area contributed by atoms with Crippen molar-refractivity contribution in [2.45, 2.75) is 32.9 Å². The van der Waals surface area contributed by atoms with Crippen LogP contribution >= 0.6 is 0 Å². The molecule has 1 unspecified atom stereocenters. The Morgan fingerprint density at radius 1 is 1.29 bits per heavy atom. The van der Waals surface area contributed by atoms with Crippen molar-refractivity contribution in [3.8, 4) is 0 Å². The summed E-state index contributed by atoms with van der Waals surface area (Å²) in [6.45, 7) is 4.93. The van der Waals surface area contributed by atoms with Gasteiger partial charge in [-0.15, -0.1) is 0 Å². The van der Waals surface area contributed by atoms with E-state index in [1.165, 1.54) is 11.8 Å². The van der Waals surface area contributed by atoms with Gasteiger partial charge in [-0.2, -0.15) is 5.10 Å². The SMILES string of the molecule is CC(=O)N1CCN(C(=O)CCn2ccc(C)n2)C(C(=O)N(C)C)C1. The number of rotatable bonds is 4. The van der Waals surface area contributed by atoms with Gasteiger partial charge in [0, 0.05) is 53.3 Å². The molecule has 1 atom stereocenters. The Kier molecular flexibility index (Phi) is 5.58. The minimum atomic E-state index is -0.621. The molecule has 1 saturated heterocycles. The number of piperazine rings is 1. The Morgan fingerprint density at radius 3 is 2.54 bits per heavy atom. The summed E-state index contributed by atoms with van der Waals surface area (Å²) in [7, 11) is 3.31. The Labute approximate surface area is 142 Å². The van der Waals surface area contributed by atoms with E-state index >= 15 is 0 Å². The summed E-state index contributed by atoms with van der Waals surface area (Å²) >= 11 is 0. The second-order valence-corrected chi connectivity index (χ2v) is 6.27. The van der Waals surface area contributed by atoms with Crippen LogP contribution in [0.3, 0.4) is 0 Å². The maximum Gasteiger partial charge on any atom is 0.246 e. The van der Waals surface area contributed by atoms with Crippen LogP contribution in [0.5, 0.6) is 0 Å². The molecule has 0 aliphatic carbocycles. The van der Waals surface area contributed by atoms with Crippen LogP contribution in [0.15, 0.2) is 12.3 Å². The van der Waals surface area contributed by atoms with E-state index in [4.69, 9.17) is 0 Å². The predicted octanol–water partition coefficient (Wildman–Crippen LogP) is -0.271. The normalized spacial score (nSPS) is 17.8. The summed E-state index contributed by atoms with van der Waals surface area (Å²) in [5.74, 6) is -0.332. The average Bonchev–Trinajstić information content (AvgIpc) is 2.96. The van der Waals surface area contributed by atoms with Crippen LogP contribution in [0, 0.1) is 6.92 Å². The lowest BCUT2D eigenvalue weighted by Crippen LogP contribution is -2.61. The van der Waals surface area contributed by atoms with Crippen molar-refractivity contribution >= 4 is 17.7 Å². The van der Waals surface area contributed by atoms with Gasteiger partial charge in [-0.3, -0.25) is 19.1 Å². The first-order valence-electron chi connectivity index (χ1n) is 8.06. The smallest absolute Gasteiger partial charge is 0.246 e. The molecule has 0 saturated carbocycles. The third-order valence-corrected chi connectivity index (χ3v) is 4.20. The van der Waals surface area contributed by atoms with Crippen molar-refractivity contribution in [1.82, 2.24) is 24.5 Å². The summed E-state index contributed by atoms with van der Waals surface area (Å²) in [5.41, 5.74) is 0.901. The molecule has 1 aromatic rings. The fraction of sp³-hybridized carbons (Fsp3) is 0.625. The minimum absolute atomic E-state index is 0.0781. The zero-order valence-corrected chi connectivity index (χ0v) is 14.7. The van der Waals surface area contributed by atoms with Crippen LogP contribution in [-0.2, 0) is 20.9 Å². The van der Waals surface area contributed by atoms with Gasteiger partial charge in [-0.25, -0.2) is 0 Å². The molecule has 8 heteroatoms. The van der Waals surface area contributed by atoms with Crippen LogP contribution in [-0.4, -0.2) is 82.0 Å². The lowest BCUT2D eigenvalue weighted by atomic mass is 10.1. The quantitative estimate of drug-likeness (QED) is 0.759. The van der Waals surface area contributed by atoms with Gasteiger partial charge in [0.2, 0.25) is 17.7 Å². The molecule has 0 N–H and O–H groups in total. The molecule has 3 amide bonds. The van der Waals surface area contributed by atoms with E-state index in [1.54, 1.807) is 28.6 Å². The molecular weight excluding hydrogens is 310 g/mol. The highest BCUT2D eigenvalue weighted by Crippen LogP contribution is 2.14. The van der Waals surface area contributed by atoms with E-state index in [0.29, 0.717) is 19.6 Å². The van der Waals surface area contributed by atoms with E-state index in [0.717, 1.165) is 5.69 Å². The summed E-state index contributed by atoms with van der Waals surface area (Å²) < 4.78 is 1.72. The fourth-order valence-electron chi connectivity index (χ4n) is 2.82. The highest BCUT2D eigenvalue weighted by atomic mass is 16.2. The van der Waals surface area contributed by atoms with E-state index in [2.05, 4.69) is 5.10 Å². The molecule has 8 nitrogen and oxygen atoms in total. The monoisotopic (exact) mass is 335 g/mol. The topological polar surface area (TPSA) is 78.8 Å². The molecule has 0 radical (unpaired) electrons. The van der Waals surface area contributed by atoms with Gasteiger partial charge < -0.3 is 14.7 Å². The number of carbonyl (C=O) groups excluding carboxylic acids is 3. The standard InChI is InChI=1S/C16H25N5O3/c1-12-5-7-20(17-12)8-6-15(23)21-10-9-19(13(2)22)11-14(21)16(24)18(3)4/h5,7,14H,6,8-11H2,1-4H3. The number of aryl methyl sites for hydroxylation is 2. The van der Waals surface area contributed by atoms with Gasteiger partial charge in [0.1, 0.15) is 6.04 Å². The average molecular weight is 335 g/mol. The zero-order valence-electron chi connectivity index (χ0n) is 14.7. The molecule has 0 aromatic carbocycles. The third kappa shape index (κ3) is 4.12. The lowest BCUT2D eigenvalue weighted by Gasteiger charge is -2.41. The molecule has 2 rings (SSSR count). The van der Waals surface area contributed by atoms with E-state index < -0.39 is 6.04 Å². The van der Waals surface area contributed by atoms with Crippen LogP contribution in [0.25, 0.3) is 0 Å². The van der Waals surface area contributed by atoms with E-state index in [1.807, 2.05) is 19.2 Å². The van der Waals surface area contributed by atoms with Crippen molar-refractivity contribution in [2.75, 3.05) is 33.7 Å². The number of hydrogen-bond donors (Lipinski definition) is 0. The molecule has 132 valence electrons. The van der Waals surface area contributed by atoms with Crippen molar-refractivity contribution in [3.63, 3.8) is 0 Å². The van der Waals surface area contributed by atoms with Gasteiger partial charge in [-0.1, -0.05) is 0 Å². The predicted molar refractivity (Wildman–Crippen MR) is 88.0 cm³/mol. The molecule has 0 spiro atoms. The number of amides is 3. The molecule has 24 heavy (non-hydrogen) atoms. The number of likely N-dealkylation sites (N-methyl/N-ethyl adjacent to an activating group) is 1. The maximum atomic E-state index is 12.6. The van der Waals surface area contributed by atoms with Gasteiger partial charge in [0.15, 0.2) is 0 Å². The highest BCUT2D eigenvalue weighted by Gasteiger charge is 2.36. The van der Waals surface area contributed by atoms with Crippen molar-refractivity contribution in [1.29, 1.82) is 0 Å². The Hall–Kier alpha value is -2.38. The van der Waals surface area contributed by atoms with Crippen LogP contribution < -0.4 is 0 Å². The summed E-state index contributed by atoms with van der Waals surface area (Å²) in [4.78, 5) is 41.3. The zero-order chi connectivity index (χ0) is 17.9. The molecule has 1 fully saturated rings. The highest BCUT2D eigenvalue weighted by molar-refractivity contribution is 5.88. The summed E-state index contributed by atoms with van der Waals surface area (Å²) in [5, 5.41) is 4.26. The summed E-state index contributed by atoms with van der Waals surface area (Å²) in [6.07, 6.45) is 2.11. The third-order valence-electron chi connectivity index (χ3n) is 4.20. The lowest BCUT2D eigenvalue weighted by molar-refractivity contribution is -0.151. The van der Waals surface area contributed by atoms with Crippen molar-refractivity contribution < 1.29 is 14.4 Å². The van der Waals surface area contributed by atoms with Crippen LogP contribution in [0.4, 0.5) is 0 Å². The molecular formula is C16H25N5O3. The van der Waals surface area contributed by atoms with Crippen molar-refractivity contribution in [3.05, 3.63) is 18.0 Å². The van der Waals surface area contributed by atoms with Gasteiger partial charge in [-0.05, 0) is 13.0 Å². The van der Waals surface area contributed by atoms with Crippen molar-refractivity contribution in [2.24, 2.45) is 0 Å². The summed E-state index contributed by atoms with van der Waals surface area (Å²) in [6, 6.07) is 1.26. The second-order valence-electron chi connectivity index (χ2n) is 6.27. The van der Waals surface area contributed by atoms with E-state index in [9.17, 15) is 14.4 Å². The Morgan fingerprint density at radius 2 is 2.00 bits per heavy atom. The first-order valence-corrected chi connectivity index (χ1v) is 8.06. The second kappa shape index (κ2) is 7.46. The maximum absolute atomic E-state index is 12.6. The van der Waals surface area contributed by atoms with Gasteiger partial charge in [0.05, 0.1) is 12.2 Å². The first kappa shape index (κ1) is 18.0. The number of aromatic nitrogens is 2. The molecule has 1 aromatic heterocycles. The molecule has 1 aliphatic rings. The number of nitrogens with zero attached hydrogens (tertiary/aromatic N) is 5. The molecule has 1 aliphatic heterocycles. The van der Waals surface area contributed by atoms with Crippen LogP contribution in [0.2, 0.25) is 0 Å².